The van der Waals surface area contributed by atoms with Gasteiger partial charge in [0.2, 0.25) is 5.79 Å². The topological polar surface area (TPSA) is 57.2 Å². The number of benzene rings is 2. The normalized spacial score (nSPS) is 33.5. The van der Waals surface area contributed by atoms with E-state index in [4.69, 9.17) is 29.9 Å². The highest BCUT2D eigenvalue weighted by Crippen LogP contribution is 2.52. The Hall–Kier alpha value is -1.20. The maximum atomic E-state index is 12.5. The van der Waals surface area contributed by atoms with E-state index in [9.17, 15) is 5.11 Å². The zero-order valence-electron chi connectivity index (χ0n) is 26.1. The molecule has 2 aromatic carbocycles. The van der Waals surface area contributed by atoms with Crippen LogP contribution in [-0.4, -0.2) is 46.2 Å². The largest absolute Gasteiger partial charge is 0.490 e. The summed E-state index contributed by atoms with van der Waals surface area (Å²) in [6, 6.07) is 14.1. The number of ether oxygens (including phenoxy) is 2. The van der Waals surface area contributed by atoms with Gasteiger partial charge in [-0.1, -0.05) is 43.6 Å². The fourth-order valence-corrected chi connectivity index (χ4v) is 9.09. The van der Waals surface area contributed by atoms with Crippen molar-refractivity contribution in [1.82, 2.24) is 0 Å². The first-order valence-electron chi connectivity index (χ1n) is 15.5. The van der Waals surface area contributed by atoms with Gasteiger partial charge in [0.15, 0.2) is 16.6 Å². The van der Waals surface area contributed by atoms with E-state index in [2.05, 4.69) is 77.4 Å². The Labute approximate surface area is 254 Å². The van der Waals surface area contributed by atoms with Crippen molar-refractivity contribution in [1.29, 1.82) is 0 Å². The molecule has 1 saturated heterocycles. The number of aliphatic hydroxyl groups is 1. The third-order valence-electron chi connectivity index (χ3n) is 8.77. The number of hydrogen-bond donors (Lipinski definition) is 1. The fraction of sp³-hybridized carbons (Fsp3) is 0.636. The van der Waals surface area contributed by atoms with Gasteiger partial charge in [0.25, 0.3) is 0 Å². The molecular formula is C33H49ClO5Si2. The monoisotopic (exact) mass is 616 g/mol. The van der Waals surface area contributed by atoms with Crippen LogP contribution in [0.25, 0.3) is 0 Å². The first-order valence-corrected chi connectivity index (χ1v) is 22.6. The van der Waals surface area contributed by atoms with Gasteiger partial charge in [-0.05, 0) is 119 Å². The summed E-state index contributed by atoms with van der Waals surface area (Å²) >= 11 is 6.74. The van der Waals surface area contributed by atoms with Crippen LogP contribution < -0.4 is 4.74 Å². The lowest BCUT2D eigenvalue weighted by Gasteiger charge is -2.53. The van der Waals surface area contributed by atoms with E-state index < -0.39 is 28.5 Å². The van der Waals surface area contributed by atoms with Crippen molar-refractivity contribution in [2.24, 2.45) is 17.8 Å². The molecule has 1 heterocycles. The van der Waals surface area contributed by atoms with Gasteiger partial charge in [-0.15, -0.1) is 0 Å². The molecule has 3 aliphatic rings. The molecule has 2 aromatic rings. The first kappa shape index (κ1) is 31.2. The number of rotatable bonds is 10. The molecule has 226 valence electrons. The van der Waals surface area contributed by atoms with Crippen molar-refractivity contribution in [3.05, 3.63) is 64.2 Å². The van der Waals surface area contributed by atoms with Crippen LogP contribution in [-0.2, 0) is 25.8 Å². The molecule has 0 radical (unpaired) electrons. The average Bonchev–Trinajstić information content (AvgIpc) is 3.50. The maximum absolute atomic E-state index is 12.5. The number of fused-ring (bicyclic) bond motifs is 1. The molecule has 0 amide bonds. The fourth-order valence-electron chi connectivity index (χ4n) is 6.69. The van der Waals surface area contributed by atoms with Crippen LogP contribution in [0.1, 0.15) is 56.2 Å². The lowest BCUT2D eigenvalue weighted by Crippen LogP contribution is -2.64. The lowest BCUT2D eigenvalue weighted by molar-refractivity contribution is -0.339. The first-order chi connectivity index (χ1) is 19.1. The molecular weight excluding hydrogens is 568 g/mol. The van der Waals surface area contributed by atoms with Crippen LogP contribution in [0.2, 0.25) is 44.3 Å². The van der Waals surface area contributed by atoms with E-state index in [1.165, 1.54) is 19.3 Å². The molecule has 8 heteroatoms. The van der Waals surface area contributed by atoms with E-state index in [0.29, 0.717) is 23.1 Å². The molecule has 41 heavy (non-hydrogen) atoms. The standard InChI is InChI=1S/C33H49ClO5Si2/c1-9-30-21(2)31(38-40(3,4)5)32(39-41(6,7)8)33(35,37-30)26-12-15-29(34)25(18-26)16-22-10-13-27(14-11-22)36-28-19-23-17-24(23)20-28/h10-15,18,21,23-24,28,30-32,35H,9,16-17,19-20H2,1-8H3/t21-,23-,24+,28-,30-,31+,32-,33?/m1/s1. The minimum atomic E-state index is -2.09. The van der Waals surface area contributed by atoms with Crippen LogP contribution >= 0.6 is 11.6 Å². The quantitative estimate of drug-likeness (QED) is 0.273. The highest BCUT2D eigenvalue weighted by molar-refractivity contribution is 6.70. The molecule has 5 nitrogen and oxygen atoms in total. The van der Waals surface area contributed by atoms with Crippen molar-refractivity contribution in [3.8, 4) is 5.75 Å². The molecule has 5 rings (SSSR count). The van der Waals surface area contributed by atoms with E-state index in [1.807, 2.05) is 18.2 Å². The van der Waals surface area contributed by atoms with Gasteiger partial charge < -0.3 is 23.4 Å². The molecule has 8 atom stereocenters. The Kier molecular flexibility index (Phi) is 8.92. The Bertz CT molecular complexity index is 1200. The minimum Gasteiger partial charge on any atom is -0.490 e. The third kappa shape index (κ3) is 7.31. The SMILES string of the molecule is CC[C@H]1OC(O)(c2ccc(Cl)c(Cc3ccc(O[C@H]4C[C@@H]5C[C@@H]5C4)cc3)c2)[C@H](O[Si](C)(C)C)[C@@H](O[Si](C)(C)C)[C@@H]1C. The van der Waals surface area contributed by atoms with Gasteiger partial charge in [0.1, 0.15) is 11.9 Å². The van der Waals surface area contributed by atoms with Crippen molar-refractivity contribution in [2.75, 3.05) is 0 Å². The van der Waals surface area contributed by atoms with E-state index >= 15 is 0 Å². The Morgan fingerprint density at radius 2 is 1.56 bits per heavy atom. The minimum absolute atomic E-state index is 0.0795. The zero-order chi connectivity index (χ0) is 29.7. The van der Waals surface area contributed by atoms with Crippen molar-refractivity contribution in [3.63, 3.8) is 0 Å². The van der Waals surface area contributed by atoms with Crippen LogP contribution in [0, 0.1) is 17.8 Å². The van der Waals surface area contributed by atoms with E-state index in [0.717, 1.165) is 35.1 Å². The van der Waals surface area contributed by atoms with Gasteiger partial charge in [-0.2, -0.15) is 0 Å². The summed E-state index contributed by atoms with van der Waals surface area (Å²) in [7, 11) is -4.05. The van der Waals surface area contributed by atoms with E-state index in [-0.39, 0.29) is 18.1 Å². The summed E-state index contributed by atoms with van der Waals surface area (Å²) in [5.74, 6) is 1.16. The molecule has 3 fully saturated rings. The van der Waals surface area contributed by atoms with Gasteiger partial charge in [0.05, 0.1) is 18.3 Å². The predicted molar refractivity (Wildman–Crippen MR) is 171 cm³/mol. The molecule has 0 aromatic heterocycles. The third-order valence-corrected chi connectivity index (χ3v) is 11.1. The van der Waals surface area contributed by atoms with Crippen LogP contribution in [0.4, 0.5) is 0 Å². The van der Waals surface area contributed by atoms with Gasteiger partial charge in [0, 0.05) is 16.5 Å². The summed E-state index contributed by atoms with van der Waals surface area (Å²) in [5, 5.41) is 13.1. The van der Waals surface area contributed by atoms with Gasteiger partial charge in [-0.25, -0.2) is 0 Å². The summed E-state index contributed by atoms with van der Waals surface area (Å²) < 4.78 is 26.4. The second kappa shape index (κ2) is 11.7. The average molecular weight is 617 g/mol. The van der Waals surface area contributed by atoms with Gasteiger partial charge >= 0.3 is 0 Å². The summed E-state index contributed by atoms with van der Waals surface area (Å²) in [5.41, 5.74) is 2.73. The van der Waals surface area contributed by atoms with Crippen molar-refractivity contribution < 1.29 is 23.4 Å². The highest BCUT2D eigenvalue weighted by atomic mass is 35.5. The summed E-state index contributed by atoms with van der Waals surface area (Å²) in [6.07, 6.45) is 4.47. The predicted octanol–water partition coefficient (Wildman–Crippen LogP) is 8.14. The number of halogens is 1. The van der Waals surface area contributed by atoms with Crippen molar-refractivity contribution >= 4 is 28.2 Å². The van der Waals surface area contributed by atoms with Crippen LogP contribution in [0.15, 0.2) is 42.5 Å². The van der Waals surface area contributed by atoms with Crippen molar-refractivity contribution in [2.45, 2.75) is 115 Å². The summed E-state index contributed by atoms with van der Waals surface area (Å²) in [6.45, 7) is 17.3. The maximum Gasteiger partial charge on any atom is 0.221 e. The Morgan fingerprint density at radius 1 is 0.927 bits per heavy atom. The smallest absolute Gasteiger partial charge is 0.221 e. The zero-order valence-corrected chi connectivity index (χ0v) is 28.8. The molecule has 2 saturated carbocycles. The van der Waals surface area contributed by atoms with Crippen LogP contribution in [0.5, 0.6) is 5.75 Å². The highest BCUT2D eigenvalue weighted by Gasteiger charge is 2.56. The molecule has 0 bridgehead atoms. The second-order valence-electron chi connectivity index (χ2n) is 14.6. The van der Waals surface area contributed by atoms with E-state index in [1.54, 1.807) is 0 Å². The van der Waals surface area contributed by atoms with Gasteiger partial charge in [-0.3, -0.25) is 0 Å². The summed E-state index contributed by atoms with van der Waals surface area (Å²) in [4.78, 5) is 0. The molecule has 0 spiro atoms. The molecule has 1 unspecified atom stereocenters. The molecule has 1 aliphatic heterocycles. The van der Waals surface area contributed by atoms with Crippen LogP contribution in [0.3, 0.4) is 0 Å². The molecule has 2 aliphatic carbocycles. The Morgan fingerprint density at radius 3 is 2.15 bits per heavy atom. The lowest BCUT2D eigenvalue weighted by atomic mass is 9.82. The molecule has 1 N–H and O–H groups in total. The number of hydrogen-bond acceptors (Lipinski definition) is 5. The second-order valence-corrected chi connectivity index (χ2v) is 23.9. The Balaban J connectivity index is 1.41.